The zero-order valence-electron chi connectivity index (χ0n) is 18.0. The van der Waals surface area contributed by atoms with Gasteiger partial charge in [-0.2, -0.15) is 15.0 Å². The van der Waals surface area contributed by atoms with Gasteiger partial charge in [0.1, 0.15) is 15.6 Å². The second kappa shape index (κ2) is 11.7. The molecule has 0 fully saturated rings. The van der Waals surface area contributed by atoms with Crippen molar-refractivity contribution in [3.63, 3.8) is 0 Å². The van der Waals surface area contributed by atoms with Crippen molar-refractivity contribution in [1.29, 1.82) is 0 Å². The maximum absolute atomic E-state index is 12.3. The van der Waals surface area contributed by atoms with E-state index in [2.05, 4.69) is 25.0 Å². The molecule has 3 N–H and O–H groups in total. The number of rotatable bonds is 6. The summed E-state index contributed by atoms with van der Waals surface area (Å²) in [6.45, 7) is 1.54. The number of aryl methyl sites for hydroxylation is 1. The van der Waals surface area contributed by atoms with Gasteiger partial charge in [0.25, 0.3) is 10.0 Å². The van der Waals surface area contributed by atoms with E-state index in [0.29, 0.717) is 5.56 Å². The number of amides is 2. The molecule has 13 nitrogen and oxygen atoms in total. The largest absolute Gasteiger partial charge is 0.478 e. The second-order valence-electron chi connectivity index (χ2n) is 6.03. The van der Waals surface area contributed by atoms with Crippen LogP contribution in [0.4, 0.5) is 10.7 Å². The Kier molecular flexibility index (Phi) is 8.97. The minimum absolute atomic E-state index is 0.0449. The molecule has 0 saturated heterocycles. The molecule has 1 aromatic carbocycles. The number of benzene rings is 1. The number of aromatic carboxylic acids is 1. The predicted octanol–water partition coefficient (Wildman–Crippen LogP) is 1.93. The maximum Gasteiger partial charge on any atom is 0.349 e. The molecule has 15 heteroatoms. The summed E-state index contributed by atoms with van der Waals surface area (Å²) >= 11 is 0.872. The predicted molar refractivity (Wildman–Crippen MR) is 120 cm³/mol. The van der Waals surface area contributed by atoms with Gasteiger partial charge < -0.3 is 14.6 Å². The van der Waals surface area contributed by atoms with E-state index in [4.69, 9.17) is 9.84 Å². The monoisotopic (exact) mass is 509 g/mol. The van der Waals surface area contributed by atoms with Crippen molar-refractivity contribution in [2.24, 2.45) is 0 Å². The third kappa shape index (κ3) is 7.21. The van der Waals surface area contributed by atoms with E-state index >= 15 is 0 Å². The van der Waals surface area contributed by atoms with Gasteiger partial charge in [0.05, 0.1) is 19.8 Å². The summed E-state index contributed by atoms with van der Waals surface area (Å²) in [5.74, 6) is -1.64. The van der Waals surface area contributed by atoms with E-state index in [1.54, 1.807) is 35.1 Å². The minimum atomic E-state index is -4.30. The van der Waals surface area contributed by atoms with Crippen molar-refractivity contribution >= 4 is 45.3 Å². The number of esters is 1. The standard InChI is InChI=1S/C12H13N5O6S2.C7H6O2/c1-6-13-10(16-12(14-6)23-3)15-11(19)17-25(20,21)7-4-5-24-8(7)9(18)22-2;8-7(9)6-4-2-1-3-5-6/h4-5H,1-3H3,(H2,13,14,15,16,17,19);1-5H,(H,8,9). The van der Waals surface area contributed by atoms with Crippen LogP contribution >= 0.6 is 11.3 Å². The number of thiophene rings is 1. The topological polar surface area (TPSA) is 187 Å². The molecule has 0 unspecified atom stereocenters. The first-order valence-electron chi connectivity index (χ1n) is 9.12. The lowest BCUT2D eigenvalue weighted by Crippen LogP contribution is -2.35. The Labute approximate surface area is 197 Å². The molecule has 2 heterocycles. The molecule has 3 aromatic rings. The summed E-state index contributed by atoms with van der Waals surface area (Å²) in [6.07, 6.45) is 0. The number of nitrogens with one attached hydrogen (secondary N) is 2. The van der Waals surface area contributed by atoms with Crippen LogP contribution in [0.1, 0.15) is 25.9 Å². The van der Waals surface area contributed by atoms with Crippen LogP contribution in [0.5, 0.6) is 6.01 Å². The first-order chi connectivity index (χ1) is 16.1. The van der Waals surface area contributed by atoms with Crippen LogP contribution in [0.3, 0.4) is 0 Å². The van der Waals surface area contributed by atoms with Crippen molar-refractivity contribution in [3.05, 3.63) is 58.0 Å². The number of anilines is 1. The molecular weight excluding hydrogens is 490 g/mol. The van der Waals surface area contributed by atoms with E-state index in [-0.39, 0.29) is 27.6 Å². The Morgan fingerprint density at radius 2 is 1.71 bits per heavy atom. The number of hydrogen-bond donors (Lipinski definition) is 3. The average molecular weight is 510 g/mol. The molecule has 0 atom stereocenters. The molecular formula is C19H19N5O8S2. The van der Waals surface area contributed by atoms with Crippen LogP contribution in [-0.4, -0.2) is 60.7 Å². The highest BCUT2D eigenvalue weighted by Crippen LogP contribution is 2.22. The lowest BCUT2D eigenvalue weighted by atomic mass is 10.2. The maximum atomic E-state index is 12.3. The van der Waals surface area contributed by atoms with Gasteiger partial charge in [-0.15, -0.1) is 11.3 Å². The molecule has 34 heavy (non-hydrogen) atoms. The summed E-state index contributed by atoms with van der Waals surface area (Å²) in [7, 11) is -1.86. The van der Waals surface area contributed by atoms with Crippen LogP contribution in [0, 0.1) is 6.92 Å². The first-order valence-corrected chi connectivity index (χ1v) is 11.5. The van der Waals surface area contributed by atoms with Crippen LogP contribution in [0.25, 0.3) is 0 Å². The smallest absolute Gasteiger partial charge is 0.349 e. The Balaban J connectivity index is 0.000000379. The molecule has 0 spiro atoms. The molecule has 0 bridgehead atoms. The lowest BCUT2D eigenvalue weighted by Gasteiger charge is -2.08. The summed E-state index contributed by atoms with van der Waals surface area (Å²) in [5.41, 5.74) is 0.331. The third-order valence-corrected chi connectivity index (χ3v) is 6.07. The van der Waals surface area contributed by atoms with Crippen LogP contribution in [0.2, 0.25) is 0 Å². The van der Waals surface area contributed by atoms with E-state index in [1.165, 1.54) is 25.5 Å². The number of carbonyl (C=O) groups excluding carboxylic acids is 2. The third-order valence-electron chi connectivity index (χ3n) is 3.67. The van der Waals surface area contributed by atoms with Crippen molar-refractivity contribution in [1.82, 2.24) is 19.7 Å². The van der Waals surface area contributed by atoms with E-state index < -0.39 is 28.0 Å². The first kappa shape index (κ1) is 26.1. The zero-order chi connectivity index (χ0) is 25.3. The number of ether oxygens (including phenoxy) is 2. The molecule has 0 aliphatic carbocycles. The highest BCUT2D eigenvalue weighted by Gasteiger charge is 2.26. The Hall–Kier alpha value is -4.11. The molecule has 180 valence electrons. The fourth-order valence-corrected chi connectivity index (χ4v) is 4.48. The number of carbonyl (C=O) groups is 3. The molecule has 0 aliphatic rings. The molecule has 3 rings (SSSR count). The fraction of sp³-hybridized carbons (Fsp3) is 0.158. The van der Waals surface area contributed by atoms with Gasteiger partial charge in [-0.05, 0) is 30.5 Å². The van der Waals surface area contributed by atoms with E-state index in [0.717, 1.165) is 18.4 Å². The van der Waals surface area contributed by atoms with Crippen LogP contribution in [0.15, 0.2) is 46.7 Å². The summed E-state index contributed by atoms with van der Waals surface area (Å²) in [5, 5.41) is 11.9. The van der Waals surface area contributed by atoms with Gasteiger partial charge in [0.2, 0.25) is 5.95 Å². The lowest BCUT2D eigenvalue weighted by molar-refractivity contribution is 0.0601. The van der Waals surface area contributed by atoms with Crippen molar-refractivity contribution in [2.75, 3.05) is 19.5 Å². The molecule has 0 saturated carbocycles. The molecule has 0 radical (unpaired) electrons. The number of aromatic nitrogens is 3. The Morgan fingerprint density at radius 3 is 2.26 bits per heavy atom. The fourth-order valence-electron chi connectivity index (χ4n) is 2.24. The molecule has 2 aromatic heterocycles. The quantitative estimate of drug-likeness (QED) is 0.412. The number of urea groups is 1. The Bertz CT molecular complexity index is 1280. The molecule has 2 amide bonds. The number of carboxylic acid groups (broad SMARTS) is 1. The average Bonchev–Trinajstić information content (AvgIpc) is 3.30. The van der Waals surface area contributed by atoms with Crippen molar-refractivity contribution < 1.29 is 37.4 Å². The van der Waals surface area contributed by atoms with E-state index in [9.17, 15) is 22.8 Å². The van der Waals surface area contributed by atoms with Crippen molar-refractivity contribution in [2.45, 2.75) is 11.8 Å². The second-order valence-corrected chi connectivity index (χ2v) is 8.60. The van der Waals surface area contributed by atoms with Gasteiger partial charge in [0.15, 0.2) is 0 Å². The number of carboxylic acids is 1. The van der Waals surface area contributed by atoms with Crippen LogP contribution < -0.4 is 14.8 Å². The van der Waals surface area contributed by atoms with Crippen LogP contribution in [-0.2, 0) is 14.8 Å². The minimum Gasteiger partial charge on any atom is -0.478 e. The highest BCUT2D eigenvalue weighted by molar-refractivity contribution is 7.90. The summed E-state index contributed by atoms with van der Waals surface area (Å²) in [4.78, 5) is 44.6. The zero-order valence-corrected chi connectivity index (χ0v) is 19.6. The van der Waals surface area contributed by atoms with Crippen molar-refractivity contribution in [3.8, 4) is 6.01 Å². The number of nitrogens with zero attached hydrogens (tertiary/aromatic N) is 3. The molecule has 0 aliphatic heterocycles. The van der Waals surface area contributed by atoms with Gasteiger partial charge in [-0.3, -0.25) is 5.32 Å². The van der Waals surface area contributed by atoms with Gasteiger partial charge in [-0.1, -0.05) is 18.2 Å². The summed E-state index contributed by atoms with van der Waals surface area (Å²) < 4.78 is 35.6. The van der Waals surface area contributed by atoms with Gasteiger partial charge in [0, 0.05) is 0 Å². The number of hydrogen-bond acceptors (Lipinski definition) is 11. The SMILES string of the molecule is COC(=O)c1sccc1S(=O)(=O)NC(=O)Nc1nc(C)nc(OC)n1.O=C(O)c1ccccc1. The number of methoxy groups -OCH3 is 2. The van der Waals surface area contributed by atoms with Gasteiger partial charge >= 0.3 is 24.0 Å². The number of sulfonamides is 1. The Morgan fingerprint density at radius 1 is 1.03 bits per heavy atom. The highest BCUT2D eigenvalue weighted by atomic mass is 32.2. The van der Waals surface area contributed by atoms with E-state index in [1.807, 2.05) is 0 Å². The normalized spacial score (nSPS) is 10.3. The van der Waals surface area contributed by atoms with Gasteiger partial charge in [-0.25, -0.2) is 27.5 Å². The summed E-state index contributed by atoms with van der Waals surface area (Å²) in [6, 6.07) is 8.32.